The lowest BCUT2D eigenvalue weighted by Crippen LogP contribution is -2.50. The monoisotopic (exact) mass is 310 g/mol. The maximum atomic E-state index is 12.9. The standard InChI is InChI=1S/C17H27FN2O2/c18-14-9-13(10-14)16(21)20-7-3-17(4-8-20)11-15(12-22-17)19-5-1-2-6-19/h13-15H,1-12H2. The molecule has 0 N–H and O–H groups in total. The van der Waals surface area contributed by atoms with Crippen molar-refractivity contribution >= 4 is 5.91 Å². The third kappa shape index (κ3) is 2.67. The number of carbonyl (C=O) groups excluding carboxylic acids is 1. The number of rotatable bonds is 2. The Balaban J connectivity index is 1.29. The summed E-state index contributed by atoms with van der Waals surface area (Å²) in [6.07, 6.45) is 5.81. The first-order valence-corrected chi connectivity index (χ1v) is 8.96. The fourth-order valence-electron chi connectivity index (χ4n) is 4.65. The van der Waals surface area contributed by atoms with Gasteiger partial charge in [-0.3, -0.25) is 9.69 Å². The average molecular weight is 310 g/mol. The zero-order valence-electron chi connectivity index (χ0n) is 13.3. The third-order valence-electron chi connectivity index (χ3n) is 6.26. The number of halogens is 1. The molecule has 1 amide bonds. The molecule has 22 heavy (non-hydrogen) atoms. The van der Waals surface area contributed by atoms with Crippen LogP contribution < -0.4 is 0 Å². The van der Waals surface area contributed by atoms with E-state index in [1.54, 1.807) is 0 Å². The number of hydrogen-bond acceptors (Lipinski definition) is 3. The van der Waals surface area contributed by atoms with E-state index < -0.39 is 6.17 Å². The minimum absolute atomic E-state index is 0.00623. The van der Waals surface area contributed by atoms with Crippen molar-refractivity contribution in [2.75, 3.05) is 32.8 Å². The van der Waals surface area contributed by atoms with Crippen LogP contribution in [-0.4, -0.2) is 66.3 Å². The molecule has 4 fully saturated rings. The van der Waals surface area contributed by atoms with Gasteiger partial charge in [-0.15, -0.1) is 0 Å². The summed E-state index contributed by atoms with van der Waals surface area (Å²) in [6, 6.07) is 0.587. The van der Waals surface area contributed by atoms with E-state index in [4.69, 9.17) is 4.74 Å². The van der Waals surface area contributed by atoms with Gasteiger partial charge in [0.25, 0.3) is 0 Å². The van der Waals surface area contributed by atoms with Crippen LogP contribution >= 0.6 is 0 Å². The lowest BCUT2D eigenvalue weighted by atomic mass is 9.81. The zero-order valence-corrected chi connectivity index (χ0v) is 13.3. The number of piperidine rings is 1. The molecule has 1 atom stereocenters. The van der Waals surface area contributed by atoms with Crippen molar-refractivity contribution in [2.24, 2.45) is 5.92 Å². The van der Waals surface area contributed by atoms with Crippen molar-refractivity contribution < 1.29 is 13.9 Å². The number of carbonyl (C=O) groups is 1. The van der Waals surface area contributed by atoms with Crippen molar-refractivity contribution in [3.8, 4) is 0 Å². The van der Waals surface area contributed by atoms with Gasteiger partial charge in [0.15, 0.2) is 0 Å². The Kier molecular flexibility index (Phi) is 3.89. The van der Waals surface area contributed by atoms with Gasteiger partial charge in [0.05, 0.1) is 12.2 Å². The quantitative estimate of drug-likeness (QED) is 0.782. The molecule has 0 aromatic carbocycles. The average Bonchev–Trinajstić information content (AvgIpc) is 3.14. The third-order valence-corrected chi connectivity index (χ3v) is 6.26. The number of likely N-dealkylation sites (tertiary alicyclic amines) is 2. The molecule has 0 radical (unpaired) electrons. The summed E-state index contributed by atoms with van der Waals surface area (Å²) >= 11 is 0. The number of alkyl halides is 1. The van der Waals surface area contributed by atoms with Crippen LogP contribution in [0.2, 0.25) is 0 Å². The van der Waals surface area contributed by atoms with Crippen molar-refractivity contribution in [1.82, 2.24) is 9.80 Å². The van der Waals surface area contributed by atoms with Crippen molar-refractivity contribution in [2.45, 2.75) is 62.8 Å². The summed E-state index contributed by atoms with van der Waals surface area (Å²) < 4.78 is 19.1. The highest BCUT2D eigenvalue weighted by atomic mass is 19.1. The second-order valence-corrected chi connectivity index (χ2v) is 7.69. The Morgan fingerprint density at radius 1 is 1.09 bits per heavy atom. The predicted octanol–water partition coefficient (Wildman–Crippen LogP) is 1.98. The highest BCUT2D eigenvalue weighted by Crippen LogP contribution is 2.39. The van der Waals surface area contributed by atoms with E-state index in [1.165, 1.54) is 25.9 Å². The van der Waals surface area contributed by atoms with E-state index in [0.717, 1.165) is 39.0 Å². The second-order valence-electron chi connectivity index (χ2n) is 7.69. The molecule has 4 rings (SSSR count). The van der Waals surface area contributed by atoms with Crippen LogP contribution in [0.25, 0.3) is 0 Å². The molecule has 4 nitrogen and oxygen atoms in total. The van der Waals surface area contributed by atoms with Gasteiger partial charge in [0, 0.05) is 25.0 Å². The van der Waals surface area contributed by atoms with Gasteiger partial charge >= 0.3 is 0 Å². The van der Waals surface area contributed by atoms with E-state index >= 15 is 0 Å². The van der Waals surface area contributed by atoms with Crippen molar-refractivity contribution in [3.63, 3.8) is 0 Å². The van der Waals surface area contributed by atoms with E-state index in [2.05, 4.69) is 4.90 Å². The molecule has 1 spiro atoms. The number of hydrogen-bond donors (Lipinski definition) is 0. The van der Waals surface area contributed by atoms with E-state index in [9.17, 15) is 9.18 Å². The van der Waals surface area contributed by atoms with Crippen LogP contribution in [0.5, 0.6) is 0 Å². The molecule has 0 aromatic rings. The minimum Gasteiger partial charge on any atom is -0.373 e. The second kappa shape index (κ2) is 5.75. The normalized spacial score (nSPS) is 38.4. The van der Waals surface area contributed by atoms with Crippen LogP contribution in [0.3, 0.4) is 0 Å². The van der Waals surface area contributed by atoms with Gasteiger partial charge < -0.3 is 9.64 Å². The first-order chi connectivity index (χ1) is 10.7. The molecule has 5 heteroatoms. The molecule has 1 saturated carbocycles. The number of amides is 1. The molecule has 0 bridgehead atoms. The molecule has 3 heterocycles. The fraction of sp³-hybridized carbons (Fsp3) is 0.941. The van der Waals surface area contributed by atoms with E-state index in [-0.39, 0.29) is 17.4 Å². The summed E-state index contributed by atoms with van der Waals surface area (Å²) in [5.74, 6) is 0.128. The first-order valence-electron chi connectivity index (χ1n) is 8.96. The topological polar surface area (TPSA) is 32.8 Å². The fourth-order valence-corrected chi connectivity index (χ4v) is 4.65. The lowest BCUT2D eigenvalue weighted by molar-refractivity contribution is -0.145. The summed E-state index contributed by atoms with van der Waals surface area (Å²) in [5.41, 5.74) is 0.00623. The maximum Gasteiger partial charge on any atom is 0.225 e. The summed E-state index contributed by atoms with van der Waals surface area (Å²) in [5, 5.41) is 0. The summed E-state index contributed by atoms with van der Waals surface area (Å²) in [4.78, 5) is 16.9. The van der Waals surface area contributed by atoms with Gasteiger partial charge in [-0.2, -0.15) is 0 Å². The van der Waals surface area contributed by atoms with Crippen LogP contribution in [0, 0.1) is 5.92 Å². The SMILES string of the molecule is O=C(C1CC(F)C1)N1CCC2(CC1)CC(N1CCCC1)CO2. The summed E-state index contributed by atoms with van der Waals surface area (Å²) in [7, 11) is 0. The number of nitrogens with zero attached hydrogens (tertiary/aromatic N) is 2. The minimum atomic E-state index is -0.746. The zero-order chi connectivity index (χ0) is 15.2. The Hall–Kier alpha value is -0.680. The maximum absolute atomic E-state index is 12.9. The van der Waals surface area contributed by atoms with Crippen molar-refractivity contribution in [3.05, 3.63) is 0 Å². The lowest BCUT2D eigenvalue weighted by Gasteiger charge is -2.41. The molecule has 124 valence electrons. The van der Waals surface area contributed by atoms with Crippen LogP contribution in [0.15, 0.2) is 0 Å². The van der Waals surface area contributed by atoms with Gasteiger partial charge in [0.1, 0.15) is 6.17 Å². The van der Waals surface area contributed by atoms with Crippen LogP contribution in [-0.2, 0) is 9.53 Å². The largest absolute Gasteiger partial charge is 0.373 e. The first kappa shape index (κ1) is 14.9. The van der Waals surface area contributed by atoms with Gasteiger partial charge in [0.2, 0.25) is 5.91 Å². The molecule has 1 unspecified atom stereocenters. The Morgan fingerprint density at radius 2 is 1.77 bits per heavy atom. The molecular formula is C17H27FN2O2. The van der Waals surface area contributed by atoms with Gasteiger partial charge in [-0.1, -0.05) is 0 Å². The smallest absolute Gasteiger partial charge is 0.225 e. The van der Waals surface area contributed by atoms with E-state index in [0.29, 0.717) is 18.9 Å². The Morgan fingerprint density at radius 3 is 2.41 bits per heavy atom. The van der Waals surface area contributed by atoms with E-state index in [1.807, 2.05) is 4.90 Å². The van der Waals surface area contributed by atoms with Gasteiger partial charge in [-0.25, -0.2) is 4.39 Å². The molecule has 4 aliphatic rings. The Labute approximate surface area is 132 Å². The number of ether oxygens (including phenoxy) is 1. The summed E-state index contributed by atoms with van der Waals surface area (Å²) in [6.45, 7) is 4.89. The molecule has 3 aliphatic heterocycles. The molecule has 3 saturated heterocycles. The molecular weight excluding hydrogens is 283 g/mol. The van der Waals surface area contributed by atoms with Crippen molar-refractivity contribution in [1.29, 1.82) is 0 Å². The molecule has 1 aliphatic carbocycles. The highest BCUT2D eigenvalue weighted by Gasteiger charge is 2.46. The molecule has 0 aromatic heterocycles. The van der Waals surface area contributed by atoms with Gasteiger partial charge in [-0.05, 0) is 58.0 Å². The highest BCUT2D eigenvalue weighted by molar-refractivity contribution is 5.80. The van der Waals surface area contributed by atoms with Crippen LogP contribution in [0.4, 0.5) is 4.39 Å². The Bertz CT molecular complexity index is 424. The predicted molar refractivity (Wildman–Crippen MR) is 81.3 cm³/mol. The van der Waals surface area contributed by atoms with Crippen LogP contribution in [0.1, 0.15) is 44.9 Å².